The first kappa shape index (κ1) is 11.6. The second-order valence-electron chi connectivity index (χ2n) is 4.99. The third kappa shape index (κ3) is 2.29. The minimum Gasteiger partial charge on any atom is -0.310 e. The van der Waals surface area contributed by atoms with E-state index in [4.69, 9.17) is 0 Å². The first-order valence-corrected chi connectivity index (χ1v) is 6.40. The van der Waals surface area contributed by atoms with Crippen LogP contribution in [0.4, 0.5) is 0 Å². The molecular formula is C13H23N3. The molecule has 0 radical (unpaired) electrons. The highest BCUT2D eigenvalue weighted by Gasteiger charge is 2.24. The molecule has 1 aliphatic rings. The van der Waals surface area contributed by atoms with Gasteiger partial charge in [-0.25, -0.2) is 0 Å². The fraction of sp³-hybridized carbons (Fsp3) is 0.769. The summed E-state index contributed by atoms with van der Waals surface area (Å²) < 4.78 is 2.20. The second kappa shape index (κ2) is 4.58. The molecule has 0 bridgehead atoms. The molecule has 0 spiro atoms. The lowest BCUT2D eigenvalue weighted by molar-refractivity contribution is 0.542. The van der Waals surface area contributed by atoms with Gasteiger partial charge in [0.2, 0.25) is 0 Å². The molecule has 90 valence electrons. The normalized spacial score (nSPS) is 17.8. The number of hydrogen-bond acceptors (Lipinski definition) is 2. The zero-order valence-corrected chi connectivity index (χ0v) is 10.9. The fourth-order valence-corrected chi connectivity index (χ4v) is 2.47. The van der Waals surface area contributed by atoms with Crippen LogP contribution in [-0.2, 0) is 6.54 Å². The van der Waals surface area contributed by atoms with E-state index in [0.717, 1.165) is 19.0 Å². The third-order valence-electron chi connectivity index (χ3n) is 3.51. The largest absolute Gasteiger partial charge is 0.310 e. The fourth-order valence-electron chi connectivity index (χ4n) is 2.47. The minimum absolute atomic E-state index is 0.415. The highest BCUT2D eigenvalue weighted by atomic mass is 15.3. The summed E-state index contributed by atoms with van der Waals surface area (Å²) in [6.07, 6.45) is 2.77. The summed E-state index contributed by atoms with van der Waals surface area (Å²) in [4.78, 5) is 0. The summed E-state index contributed by atoms with van der Waals surface area (Å²) in [6, 6.07) is 0.415. The van der Waals surface area contributed by atoms with Crippen molar-refractivity contribution in [1.82, 2.24) is 15.1 Å². The van der Waals surface area contributed by atoms with Crippen LogP contribution in [0.5, 0.6) is 0 Å². The van der Waals surface area contributed by atoms with Crippen LogP contribution in [0.2, 0.25) is 0 Å². The zero-order chi connectivity index (χ0) is 11.7. The molecule has 3 nitrogen and oxygen atoms in total. The summed E-state index contributed by atoms with van der Waals surface area (Å²) in [5.74, 6) is 0.889. The van der Waals surface area contributed by atoms with Crippen LogP contribution in [0.3, 0.4) is 0 Å². The van der Waals surface area contributed by atoms with Crippen molar-refractivity contribution in [1.29, 1.82) is 0 Å². The molecule has 3 heteroatoms. The van der Waals surface area contributed by atoms with E-state index in [9.17, 15) is 0 Å². The van der Waals surface area contributed by atoms with Crippen molar-refractivity contribution in [3.05, 3.63) is 17.0 Å². The molecule has 0 amide bonds. The monoisotopic (exact) mass is 221 g/mol. The van der Waals surface area contributed by atoms with Crippen molar-refractivity contribution in [2.45, 2.75) is 53.1 Å². The highest BCUT2D eigenvalue weighted by molar-refractivity contribution is 5.27. The molecule has 0 aliphatic heterocycles. The van der Waals surface area contributed by atoms with Gasteiger partial charge in [0.05, 0.1) is 5.69 Å². The maximum Gasteiger partial charge on any atom is 0.0644 e. The van der Waals surface area contributed by atoms with E-state index in [-0.39, 0.29) is 0 Å². The van der Waals surface area contributed by atoms with Gasteiger partial charge in [-0.15, -0.1) is 0 Å². The lowest BCUT2D eigenvalue weighted by Crippen LogP contribution is -2.19. The number of aryl methyl sites for hydroxylation is 1. The van der Waals surface area contributed by atoms with Gasteiger partial charge in [0.1, 0.15) is 0 Å². The summed E-state index contributed by atoms with van der Waals surface area (Å²) in [6.45, 7) is 10.8. The summed E-state index contributed by atoms with van der Waals surface area (Å²) in [7, 11) is 0. The molecule has 1 N–H and O–H groups in total. The van der Waals surface area contributed by atoms with Crippen LogP contribution in [0.15, 0.2) is 0 Å². The molecule has 1 atom stereocenters. The van der Waals surface area contributed by atoms with Crippen LogP contribution >= 0.6 is 0 Å². The van der Waals surface area contributed by atoms with Gasteiger partial charge in [-0.1, -0.05) is 6.92 Å². The Bertz CT molecular complexity index is 363. The molecule has 1 aromatic heterocycles. The lowest BCUT2D eigenvalue weighted by Gasteiger charge is -2.13. The maximum atomic E-state index is 4.67. The number of aromatic nitrogens is 2. The molecule has 0 saturated heterocycles. The van der Waals surface area contributed by atoms with Crippen LogP contribution in [0.25, 0.3) is 0 Å². The Kier molecular flexibility index (Phi) is 3.33. The average Bonchev–Trinajstić information content (AvgIpc) is 2.96. The Morgan fingerprint density at radius 3 is 2.69 bits per heavy atom. The molecule has 1 fully saturated rings. The Hall–Kier alpha value is -0.830. The first-order valence-electron chi connectivity index (χ1n) is 6.40. The molecular weight excluding hydrogens is 198 g/mol. The highest BCUT2D eigenvalue weighted by Crippen LogP contribution is 2.32. The van der Waals surface area contributed by atoms with E-state index in [1.807, 2.05) is 0 Å². The van der Waals surface area contributed by atoms with E-state index in [0.29, 0.717) is 6.04 Å². The quantitative estimate of drug-likeness (QED) is 0.828. The minimum atomic E-state index is 0.415. The predicted molar refractivity (Wildman–Crippen MR) is 66.5 cm³/mol. The number of rotatable bonds is 5. The predicted octanol–water partition coefficient (Wildman–Crippen LogP) is 2.58. The Labute approximate surface area is 98.2 Å². The van der Waals surface area contributed by atoms with Crippen molar-refractivity contribution in [2.24, 2.45) is 5.92 Å². The van der Waals surface area contributed by atoms with Gasteiger partial charge in [-0.2, -0.15) is 5.10 Å². The number of nitrogens with zero attached hydrogens (tertiary/aromatic N) is 2. The van der Waals surface area contributed by atoms with Gasteiger partial charge in [-0.05, 0) is 46.1 Å². The second-order valence-corrected chi connectivity index (χ2v) is 4.99. The standard InChI is InChI=1S/C13H23N3/c1-5-14-9(2)13-10(3)15-16(11(13)4)8-12-6-7-12/h9,12,14H,5-8H2,1-4H3. The van der Waals surface area contributed by atoms with E-state index in [1.165, 1.54) is 29.8 Å². The first-order chi connectivity index (χ1) is 7.63. The molecule has 1 heterocycles. The summed E-state index contributed by atoms with van der Waals surface area (Å²) in [5.41, 5.74) is 3.92. The molecule has 1 unspecified atom stereocenters. The van der Waals surface area contributed by atoms with E-state index < -0.39 is 0 Å². The van der Waals surface area contributed by atoms with Crippen molar-refractivity contribution in [2.75, 3.05) is 6.54 Å². The van der Waals surface area contributed by atoms with E-state index in [2.05, 4.69) is 42.8 Å². The van der Waals surface area contributed by atoms with E-state index >= 15 is 0 Å². The molecule has 1 aliphatic carbocycles. The Morgan fingerprint density at radius 2 is 2.12 bits per heavy atom. The van der Waals surface area contributed by atoms with Gasteiger partial charge < -0.3 is 5.32 Å². The van der Waals surface area contributed by atoms with Gasteiger partial charge in [0.15, 0.2) is 0 Å². The summed E-state index contributed by atoms with van der Waals surface area (Å²) in [5, 5.41) is 8.14. The van der Waals surface area contributed by atoms with Crippen LogP contribution < -0.4 is 5.32 Å². The van der Waals surface area contributed by atoms with Crippen LogP contribution in [-0.4, -0.2) is 16.3 Å². The van der Waals surface area contributed by atoms with Gasteiger partial charge in [0.25, 0.3) is 0 Å². The Morgan fingerprint density at radius 1 is 1.44 bits per heavy atom. The van der Waals surface area contributed by atoms with Crippen molar-refractivity contribution in [3.63, 3.8) is 0 Å². The topological polar surface area (TPSA) is 29.9 Å². The van der Waals surface area contributed by atoms with Crippen molar-refractivity contribution in [3.8, 4) is 0 Å². The maximum absolute atomic E-state index is 4.67. The third-order valence-corrected chi connectivity index (χ3v) is 3.51. The molecule has 2 rings (SSSR count). The van der Waals surface area contributed by atoms with Crippen molar-refractivity contribution >= 4 is 0 Å². The van der Waals surface area contributed by atoms with Crippen molar-refractivity contribution < 1.29 is 0 Å². The summed E-state index contributed by atoms with van der Waals surface area (Å²) >= 11 is 0. The lowest BCUT2D eigenvalue weighted by atomic mass is 10.1. The van der Waals surface area contributed by atoms with Crippen LogP contribution in [0.1, 0.15) is 49.7 Å². The molecule has 1 saturated carbocycles. The molecule has 0 aromatic carbocycles. The molecule has 1 aromatic rings. The van der Waals surface area contributed by atoms with Gasteiger partial charge in [0, 0.05) is 23.8 Å². The number of hydrogen-bond donors (Lipinski definition) is 1. The van der Waals surface area contributed by atoms with Gasteiger partial charge in [-0.3, -0.25) is 4.68 Å². The Balaban J connectivity index is 2.19. The average molecular weight is 221 g/mol. The van der Waals surface area contributed by atoms with Crippen LogP contribution in [0, 0.1) is 19.8 Å². The number of nitrogens with one attached hydrogen (secondary N) is 1. The van der Waals surface area contributed by atoms with Gasteiger partial charge >= 0.3 is 0 Å². The molecule has 16 heavy (non-hydrogen) atoms. The SMILES string of the molecule is CCNC(C)c1c(C)nn(CC2CC2)c1C. The smallest absolute Gasteiger partial charge is 0.0644 e. The van der Waals surface area contributed by atoms with E-state index in [1.54, 1.807) is 0 Å². The zero-order valence-electron chi connectivity index (χ0n) is 10.9.